The number of ether oxygens (including phenoxy) is 2. The smallest absolute Gasteiger partial charge is 0.224 e. The van der Waals surface area contributed by atoms with Gasteiger partial charge in [-0.15, -0.1) is 0 Å². The second-order valence-electron chi connectivity index (χ2n) is 7.68. The van der Waals surface area contributed by atoms with E-state index in [-0.39, 0.29) is 18.1 Å². The Balaban J connectivity index is 1.63. The fraction of sp³-hybridized carbons (Fsp3) is 0.240. The molecule has 0 fully saturated rings. The van der Waals surface area contributed by atoms with Crippen LogP contribution in [0.2, 0.25) is 0 Å². The molecule has 1 N–H and O–H groups in total. The normalized spacial score (nSPS) is 10.9. The van der Waals surface area contributed by atoms with Gasteiger partial charge in [-0.25, -0.2) is 9.07 Å². The largest absolute Gasteiger partial charge is 0.497 e. The Morgan fingerprint density at radius 3 is 2.61 bits per heavy atom. The lowest BCUT2D eigenvalue weighted by Gasteiger charge is -2.13. The van der Waals surface area contributed by atoms with Crippen LogP contribution in [-0.4, -0.2) is 34.9 Å². The third kappa shape index (κ3) is 4.50. The predicted molar refractivity (Wildman–Crippen MR) is 125 cm³/mol. The molecule has 0 spiro atoms. The molecule has 2 heterocycles. The molecule has 0 saturated heterocycles. The zero-order chi connectivity index (χ0) is 23.5. The summed E-state index contributed by atoms with van der Waals surface area (Å²) in [4.78, 5) is 17.3. The maximum Gasteiger partial charge on any atom is 0.224 e. The molecule has 0 bridgehead atoms. The number of carbonyl (C=O) groups excluding carboxylic acids is 1. The number of benzene rings is 2. The zero-order valence-electron chi connectivity index (χ0n) is 19.0. The summed E-state index contributed by atoms with van der Waals surface area (Å²) in [7, 11) is 3.13. The molecular formula is C25H25FN4O3. The van der Waals surface area contributed by atoms with Gasteiger partial charge in [-0.05, 0) is 56.2 Å². The van der Waals surface area contributed by atoms with E-state index in [4.69, 9.17) is 9.47 Å². The van der Waals surface area contributed by atoms with Gasteiger partial charge in [0.15, 0.2) is 5.65 Å². The standard InChI is InChI=1S/C25H25FN4O3/c1-15-21(11-12-22(31)27-18-8-6-10-20(14-18)32-3)25(33-4)28-24-23(15)16(2)29-30(24)19-9-5-7-17(26)13-19/h5-10,13-14H,11-12H2,1-4H3,(H,27,31). The van der Waals surface area contributed by atoms with Crippen molar-refractivity contribution in [3.63, 3.8) is 0 Å². The molecule has 1 amide bonds. The molecule has 2 aromatic carbocycles. The van der Waals surface area contributed by atoms with E-state index in [1.807, 2.05) is 32.0 Å². The number of nitrogens with zero attached hydrogens (tertiary/aromatic N) is 3. The fourth-order valence-corrected chi connectivity index (χ4v) is 3.95. The number of hydrogen-bond donors (Lipinski definition) is 1. The van der Waals surface area contributed by atoms with Gasteiger partial charge in [0.25, 0.3) is 0 Å². The Labute approximate surface area is 191 Å². The van der Waals surface area contributed by atoms with Crippen LogP contribution in [0.15, 0.2) is 48.5 Å². The molecule has 7 nitrogen and oxygen atoms in total. The van der Waals surface area contributed by atoms with E-state index in [1.165, 1.54) is 12.1 Å². The number of aryl methyl sites for hydroxylation is 2. The van der Waals surface area contributed by atoms with Crippen LogP contribution in [0.3, 0.4) is 0 Å². The van der Waals surface area contributed by atoms with Crippen LogP contribution in [0.4, 0.5) is 10.1 Å². The number of rotatable bonds is 7. The highest BCUT2D eigenvalue weighted by Crippen LogP contribution is 2.32. The lowest BCUT2D eigenvalue weighted by atomic mass is 10.0. The Morgan fingerprint density at radius 1 is 1.09 bits per heavy atom. The van der Waals surface area contributed by atoms with Crippen molar-refractivity contribution in [3.8, 4) is 17.3 Å². The fourth-order valence-electron chi connectivity index (χ4n) is 3.95. The summed E-state index contributed by atoms with van der Waals surface area (Å²) in [6, 6.07) is 13.4. The van der Waals surface area contributed by atoms with Gasteiger partial charge in [0.1, 0.15) is 11.6 Å². The Morgan fingerprint density at radius 2 is 1.88 bits per heavy atom. The van der Waals surface area contributed by atoms with Crippen LogP contribution in [0.25, 0.3) is 16.7 Å². The topological polar surface area (TPSA) is 78.3 Å². The molecule has 170 valence electrons. The molecule has 0 aliphatic rings. The molecule has 0 saturated carbocycles. The first kappa shape index (κ1) is 22.3. The van der Waals surface area contributed by atoms with E-state index in [1.54, 1.807) is 37.1 Å². The Kier molecular flexibility index (Phi) is 6.26. The maximum atomic E-state index is 13.8. The average molecular weight is 448 g/mol. The molecule has 33 heavy (non-hydrogen) atoms. The van der Waals surface area contributed by atoms with Crippen molar-refractivity contribution in [1.82, 2.24) is 14.8 Å². The summed E-state index contributed by atoms with van der Waals surface area (Å²) >= 11 is 0. The van der Waals surface area contributed by atoms with Crippen molar-refractivity contribution in [2.45, 2.75) is 26.7 Å². The molecule has 2 aromatic heterocycles. The van der Waals surface area contributed by atoms with Gasteiger partial charge >= 0.3 is 0 Å². The number of aromatic nitrogens is 3. The van der Waals surface area contributed by atoms with Gasteiger partial charge in [0.2, 0.25) is 11.8 Å². The second-order valence-corrected chi connectivity index (χ2v) is 7.68. The van der Waals surface area contributed by atoms with Gasteiger partial charge in [0, 0.05) is 29.1 Å². The van der Waals surface area contributed by atoms with Crippen LogP contribution in [0, 0.1) is 19.7 Å². The molecular weight excluding hydrogens is 423 g/mol. The Hall–Kier alpha value is -3.94. The number of hydrogen-bond acceptors (Lipinski definition) is 5. The molecule has 0 unspecified atom stereocenters. The number of nitrogens with one attached hydrogen (secondary N) is 1. The van der Waals surface area contributed by atoms with Crippen LogP contribution in [0.1, 0.15) is 23.2 Å². The number of halogens is 1. The number of amides is 1. The summed E-state index contributed by atoms with van der Waals surface area (Å²) in [5.41, 5.74) is 4.37. The molecule has 4 rings (SSSR count). The molecule has 0 aliphatic heterocycles. The van der Waals surface area contributed by atoms with E-state index in [0.29, 0.717) is 35.1 Å². The van der Waals surface area contributed by atoms with E-state index < -0.39 is 0 Å². The third-order valence-corrected chi connectivity index (χ3v) is 5.53. The van der Waals surface area contributed by atoms with E-state index in [9.17, 15) is 9.18 Å². The third-order valence-electron chi connectivity index (χ3n) is 5.53. The van der Waals surface area contributed by atoms with Gasteiger partial charge in [-0.2, -0.15) is 10.1 Å². The number of anilines is 1. The van der Waals surface area contributed by atoms with Crippen LogP contribution < -0.4 is 14.8 Å². The average Bonchev–Trinajstić information content (AvgIpc) is 3.14. The SMILES string of the molecule is COc1cccc(NC(=O)CCc2c(OC)nc3c(c(C)nn3-c3cccc(F)c3)c2C)c1. The maximum absolute atomic E-state index is 13.8. The second kappa shape index (κ2) is 9.28. The molecule has 0 atom stereocenters. The summed E-state index contributed by atoms with van der Waals surface area (Å²) in [5.74, 6) is 0.616. The lowest BCUT2D eigenvalue weighted by Crippen LogP contribution is -2.13. The van der Waals surface area contributed by atoms with Crippen molar-refractivity contribution in [2.24, 2.45) is 0 Å². The first-order valence-corrected chi connectivity index (χ1v) is 10.5. The number of methoxy groups -OCH3 is 2. The minimum absolute atomic E-state index is 0.128. The highest BCUT2D eigenvalue weighted by Gasteiger charge is 2.20. The molecule has 8 heteroatoms. The minimum Gasteiger partial charge on any atom is -0.497 e. The quantitative estimate of drug-likeness (QED) is 0.441. The van der Waals surface area contributed by atoms with Crippen LogP contribution >= 0.6 is 0 Å². The van der Waals surface area contributed by atoms with Gasteiger partial charge < -0.3 is 14.8 Å². The summed E-state index contributed by atoms with van der Waals surface area (Å²) in [5, 5.41) is 8.34. The lowest BCUT2D eigenvalue weighted by molar-refractivity contribution is -0.116. The number of carbonyl (C=O) groups is 1. The highest BCUT2D eigenvalue weighted by atomic mass is 19.1. The molecule has 0 aliphatic carbocycles. The van der Waals surface area contributed by atoms with Crippen molar-refractivity contribution >= 4 is 22.6 Å². The van der Waals surface area contributed by atoms with Gasteiger partial charge in [-0.1, -0.05) is 12.1 Å². The summed E-state index contributed by atoms with van der Waals surface area (Å²) < 4.78 is 26.2. The van der Waals surface area contributed by atoms with Crippen molar-refractivity contribution in [3.05, 3.63) is 71.2 Å². The minimum atomic E-state index is -0.351. The summed E-state index contributed by atoms with van der Waals surface area (Å²) in [6.45, 7) is 3.85. The van der Waals surface area contributed by atoms with Crippen LogP contribution in [-0.2, 0) is 11.2 Å². The zero-order valence-corrected chi connectivity index (χ0v) is 19.0. The van der Waals surface area contributed by atoms with Crippen LogP contribution in [0.5, 0.6) is 11.6 Å². The van der Waals surface area contributed by atoms with Gasteiger partial charge in [-0.3, -0.25) is 4.79 Å². The summed E-state index contributed by atoms with van der Waals surface area (Å²) in [6.07, 6.45) is 0.691. The van der Waals surface area contributed by atoms with Crippen molar-refractivity contribution in [1.29, 1.82) is 0 Å². The van der Waals surface area contributed by atoms with Crippen molar-refractivity contribution < 1.29 is 18.7 Å². The van der Waals surface area contributed by atoms with E-state index in [0.717, 1.165) is 22.2 Å². The number of fused-ring (bicyclic) bond motifs is 1. The monoisotopic (exact) mass is 448 g/mol. The van der Waals surface area contributed by atoms with E-state index >= 15 is 0 Å². The van der Waals surface area contributed by atoms with E-state index in [2.05, 4.69) is 15.4 Å². The molecule has 4 aromatic rings. The van der Waals surface area contributed by atoms with Crippen molar-refractivity contribution in [2.75, 3.05) is 19.5 Å². The molecule has 0 radical (unpaired) electrons. The predicted octanol–water partition coefficient (Wildman–Crippen LogP) is 4.76. The van der Waals surface area contributed by atoms with Gasteiger partial charge in [0.05, 0.1) is 25.6 Å². The first-order chi connectivity index (χ1) is 15.9. The highest BCUT2D eigenvalue weighted by molar-refractivity contribution is 5.91. The Bertz CT molecular complexity index is 1330. The number of pyridine rings is 1. The first-order valence-electron chi connectivity index (χ1n) is 10.5.